The van der Waals surface area contributed by atoms with Crippen LogP contribution in [-0.4, -0.2) is 58.1 Å². The molecule has 164 valence electrons. The lowest BCUT2D eigenvalue weighted by Crippen LogP contribution is -2.63. The number of hydrogen-bond donors (Lipinski definition) is 4. The molecule has 0 saturated carbocycles. The number of aliphatic hydroxyl groups excluding tert-OH is 4. The Hall–Kier alpha value is -1.67. The van der Waals surface area contributed by atoms with Crippen LogP contribution in [0, 0.1) is 0 Å². The van der Waals surface area contributed by atoms with Crippen LogP contribution in [0.3, 0.4) is 0 Å². The predicted molar refractivity (Wildman–Crippen MR) is 114 cm³/mol. The largest absolute Gasteiger partial charge is 0.494 e. The molecule has 30 heavy (non-hydrogen) atoms. The van der Waals surface area contributed by atoms with Crippen LogP contribution in [0.4, 0.5) is 0 Å². The van der Waals surface area contributed by atoms with Crippen LogP contribution in [0.15, 0.2) is 42.5 Å². The molecule has 0 amide bonds. The van der Waals surface area contributed by atoms with Gasteiger partial charge >= 0.3 is 0 Å². The predicted octanol–water partition coefficient (Wildman–Crippen LogP) is 2.41. The minimum absolute atomic E-state index is 0.332. The lowest BCUT2D eigenvalue weighted by atomic mass is 9.77. The fraction of sp³-hybridized carbons (Fsp3) is 0.478. The third-order valence-corrected chi connectivity index (χ3v) is 6.13. The molecule has 1 aliphatic rings. The molecule has 1 heterocycles. The Morgan fingerprint density at radius 3 is 2.33 bits per heavy atom. The maximum atomic E-state index is 10.8. The molecule has 3 rings (SSSR count). The molecular weight excluding hydrogens is 408 g/mol. The van der Waals surface area contributed by atoms with E-state index in [1.807, 2.05) is 44.2 Å². The molecule has 0 aromatic heterocycles. The Bertz CT molecular complexity index is 840. The number of ether oxygens (including phenoxy) is 2. The van der Waals surface area contributed by atoms with Crippen molar-refractivity contribution in [3.05, 3.63) is 64.2 Å². The molecule has 0 bridgehead atoms. The standard InChI is InChI=1S/C23H29ClO6/c1-3-23(22(28)21(27)20(26)19(13-25)30-23)16-7-10-18(24)15(12-16)11-14-5-8-17(9-6-14)29-4-2/h5-10,12,19-22,25-28H,3-4,11,13H2,1-2H3/t19-,20-,21+,22-,23+/m1/s1. The minimum atomic E-state index is -1.44. The summed E-state index contributed by atoms with van der Waals surface area (Å²) in [6, 6.07) is 13.1. The van der Waals surface area contributed by atoms with Gasteiger partial charge in [-0.15, -0.1) is 0 Å². The highest BCUT2D eigenvalue weighted by atomic mass is 35.5. The van der Waals surface area contributed by atoms with Crippen molar-refractivity contribution in [3.63, 3.8) is 0 Å². The number of rotatable bonds is 7. The van der Waals surface area contributed by atoms with E-state index in [9.17, 15) is 20.4 Å². The van der Waals surface area contributed by atoms with Crippen LogP contribution in [0.5, 0.6) is 5.75 Å². The van der Waals surface area contributed by atoms with E-state index in [4.69, 9.17) is 21.1 Å². The molecule has 7 heteroatoms. The second-order valence-corrected chi connectivity index (χ2v) is 7.98. The zero-order valence-corrected chi connectivity index (χ0v) is 17.9. The summed E-state index contributed by atoms with van der Waals surface area (Å²) in [6.45, 7) is 3.88. The number of aliphatic hydroxyl groups is 4. The van der Waals surface area contributed by atoms with Gasteiger partial charge in [0.1, 0.15) is 35.8 Å². The van der Waals surface area contributed by atoms with Crippen molar-refractivity contribution in [2.24, 2.45) is 0 Å². The molecule has 5 atom stereocenters. The smallest absolute Gasteiger partial charge is 0.122 e. The second-order valence-electron chi connectivity index (χ2n) is 7.57. The highest BCUT2D eigenvalue weighted by Crippen LogP contribution is 2.42. The molecule has 0 unspecified atom stereocenters. The Balaban J connectivity index is 1.94. The molecule has 2 aromatic rings. The Morgan fingerprint density at radius 2 is 1.73 bits per heavy atom. The molecule has 4 N–H and O–H groups in total. The molecule has 1 fully saturated rings. The first-order chi connectivity index (χ1) is 14.4. The SMILES string of the molecule is CCOc1ccc(Cc2cc([C@]3(CC)O[C@H](CO)[C@@H](O)[C@H](O)[C@H]3O)ccc2Cl)cc1. The minimum Gasteiger partial charge on any atom is -0.494 e. The van der Waals surface area contributed by atoms with Gasteiger partial charge in [0.2, 0.25) is 0 Å². The van der Waals surface area contributed by atoms with E-state index in [0.29, 0.717) is 30.0 Å². The average Bonchev–Trinajstić information content (AvgIpc) is 2.76. The lowest BCUT2D eigenvalue weighted by Gasteiger charge is -2.48. The summed E-state index contributed by atoms with van der Waals surface area (Å²) < 4.78 is 11.4. The second kappa shape index (κ2) is 9.64. The summed E-state index contributed by atoms with van der Waals surface area (Å²) in [5, 5.41) is 41.4. The summed E-state index contributed by atoms with van der Waals surface area (Å²) >= 11 is 6.44. The first kappa shape index (κ1) is 23.0. The topological polar surface area (TPSA) is 99.4 Å². The summed E-state index contributed by atoms with van der Waals surface area (Å²) in [5.41, 5.74) is 1.23. The zero-order chi connectivity index (χ0) is 21.9. The fourth-order valence-corrected chi connectivity index (χ4v) is 4.22. The maximum Gasteiger partial charge on any atom is 0.122 e. The maximum absolute atomic E-state index is 10.8. The van der Waals surface area contributed by atoms with Gasteiger partial charge in [-0.2, -0.15) is 0 Å². The van der Waals surface area contributed by atoms with Crippen LogP contribution in [0.1, 0.15) is 37.0 Å². The quantitative estimate of drug-likeness (QED) is 0.532. The zero-order valence-electron chi connectivity index (χ0n) is 17.2. The Morgan fingerprint density at radius 1 is 1.03 bits per heavy atom. The molecule has 0 aliphatic carbocycles. The molecular formula is C23H29ClO6. The van der Waals surface area contributed by atoms with Gasteiger partial charge in [0.15, 0.2) is 0 Å². The summed E-state index contributed by atoms with van der Waals surface area (Å²) in [6.07, 6.45) is -4.29. The summed E-state index contributed by atoms with van der Waals surface area (Å²) in [7, 11) is 0. The van der Waals surface area contributed by atoms with Gasteiger partial charge < -0.3 is 29.9 Å². The van der Waals surface area contributed by atoms with E-state index in [1.165, 1.54) is 0 Å². The molecule has 2 aromatic carbocycles. The van der Waals surface area contributed by atoms with E-state index in [1.54, 1.807) is 12.1 Å². The number of hydrogen-bond acceptors (Lipinski definition) is 6. The van der Waals surface area contributed by atoms with Crippen molar-refractivity contribution in [1.82, 2.24) is 0 Å². The monoisotopic (exact) mass is 436 g/mol. The average molecular weight is 437 g/mol. The van der Waals surface area contributed by atoms with Gasteiger partial charge in [-0.25, -0.2) is 0 Å². The van der Waals surface area contributed by atoms with Gasteiger partial charge in [0.05, 0.1) is 13.2 Å². The third kappa shape index (κ3) is 4.35. The first-order valence-electron chi connectivity index (χ1n) is 10.2. The van der Waals surface area contributed by atoms with E-state index in [2.05, 4.69) is 0 Å². The molecule has 0 radical (unpaired) electrons. The Labute approximate surface area is 181 Å². The van der Waals surface area contributed by atoms with E-state index >= 15 is 0 Å². The molecule has 1 saturated heterocycles. The first-order valence-corrected chi connectivity index (χ1v) is 10.6. The lowest BCUT2D eigenvalue weighted by molar-refractivity contribution is -0.280. The van der Waals surface area contributed by atoms with Crippen LogP contribution < -0.4 is 4.74 Å². The van der Waals surface area contributed by atoms with Crippen molar-refractivity contribution >= 4 is 11.6 Å². The molecule has 1 aliphatic heterocycles. The van der Waals surface area contributed by atoms with Crippen molar-refractivity contribution in [3.8, 4) is 5.75 Å². The van der Waals surface area contributed by atoms with Crippen molar-refractivity contribution < 1.29 is 29.9 Å². The van der Waals surface area contributed by atoms with Crippen molar-refractivity contribution in [2.75, 3.05) is 13.2 Å². The van der Waals surface area contributed by atoms with Crippen molar-refractivity contribution in [2.45, 2.75) is 56.7 Å². The van der Waals surface area contributed by atoms with Crippen LogP contribution in [-0.2, 0) is 16.8 Å². The van der Waals surface area contributed by atoms with Gasteiger partial charge in [-0.05, 0) is 54.7 Å². The molecule has 6 nitrogen and oxygen atoms in total. The Kier molecular flexibility index (Phi) is 7.39. The summed E-state index contributed by atoms with van der Waals surface area (Å²) in [4.78, 5) is 0. The molecule has 0 spiro atoms. The van der Waals surface area contributed by atoms with Gasteiger partial charge in [0, 0.05) is 5.02 Å². The van der Waals surface area contributed by atoms with E-state index in [-0.39, 0.29) is 0 Å². The van der Waals surface area contributed by atoms with Gasteiger partial charge in [-0.1, -0.05) is 42.8 Å². The van der Waals surface area contributed by atoms with Crippen LogP contribution in [0.25, 0.3) is 0 Å². The summed E-state index contributed by atoms with van der Waals surface area (Å²) in [5.74, 6) is 0.798. The highest BCUT2D eigenvalue weighted by Gasteiger charge is 2.53. The van der Waals surface area contributed by atoms with Gasteiger partial charge in [-0.3, -0.25) is 0 Å². The third-order valence-electron chi connectivity index (χ3n) is 5.76. The number of halogens is 1. The van der Waals surface area contributed by atoms with E-state index < -0.39 is 36.6 Å². The normalized spacial score (nSPS) is 29.0. The van der Waals surface area contributed by atoms with Crippen LogP contribution >= 0.6 is 11.6 Å². The van der Waals surface area contributed by atoms with Crippen LogP contribution in [0.2, 0.25) is 5.02 Å². The number of benzene rings is 2. The van der Waals surface area contributed by atoms with E-state index in [0.717, 1.165) is 16.9 Å². The van der Waals surface area contributed by atoms with Crippen molar-refractivity contribution in [1.29, 1.82) is 0 Å². The highest BCUT2D eigenvalue weighted by molar-refractivity contribution is 6.31. The van der Waals surface area contributed by atoms with Gasteiger partial charge in [0.25, 0.3) is 0 Å². The fourth-order valence-electron chi connectivity index (χ4n) is 4.04.